The van der Waals surface area contributed by atoms with Gasteiger partial charge in [0, 0.05) is 18.3 Å². The highest BCUT2D eigenvalue weighted by Crippen LogP contribution is 2.09. The van der Waals surface area contributed by atoms with Crippen LogP contribution in [0.5, 0.6) is 0 Å². The normalized spacial score (nSPS) is 10.3. The fourth-order valence-corrected chi connectivity index (χ4v) is 2.25. The topological polar surface area (TPSA) is 70.7 Å². The van der Waals surface area contributed by atoms with Crippen molar-refractivity contribution < 1.29 is 0 Å². The number of anilines is 1. The van der Waals surface area contributed by atoms with Gasteiger partial charge in [-0.05, 0) is 22.6 Å². The van der Waals surface area contributed by atoms with Crippen LogP contribution in [0.3, 0.4) is 0 Å². The van der Waals surface area contributed by atoms with Crippen molar-refractivity contribution in [2.24, 2.45) is 0 Å². The highest BCUT2D eigenvalue weighted by atomic mass is 127. The Morgan fingerprint density at radius 2 is 2.38 bits per heavy atom. The first-order valence-electron chi connectivity index (χ1n) is 4.61. The highest BCUT2D eigenvalue weighted by Gasteiger charge is 2.04. The molecular weight excluding hydrogens is 339 g/mol. The lowest BCUT2D eigenvalue weighted by molar-refractivity contribution is 0.958. The molecule has 0 aliphatic heterocycles. The predicted molar refractivity (Wildman–Crippen MR) is 71.9 cm³/mol. The van der Waals surface area contributed by atoms with Gasteiger partial charge in [0.15, 0.2) is 0 Å². The molecule has 0 unspecified atom stereocenters. The number of halogens is 1. The van der Waals surface area contributed by atoms with Crippen LogP contribution >= 0.6 is 33.9 Å². The average Bonchev–Trinajstić information content (AvgIpc) is 2.77. The Morgan fingerprint density at radius 1 is 1.50 bits per heavy atom. The van der Waals surface area contributed by atoms with E-state index >= 15 is 0 Å². The smallest absolute Gasteiger partial charge is 0.266 e. The molecule has 84 valence electrons. The van der Waals surface area contributed by atoms with Gasteiger partial charge in [0.1, 0.15) is 9.39 Å². The Hall–Kier alpha value is -0.960. The molecule has 2 heterocycles. The van der Waals surface area contributed by atoms with Crippen molar-refractivity contribution >= 4 is 39.7 Å². The Morgan fingerprint density at radius 3 is 3.12 bits per heavy atom. The maximum Gasteiger partial charge on any atom is 0.266 e. The zero-order valence-corrected chi connectivity index (χ0v) is 11.2. The fraction of sp³-hybridized carbons (Fsp3) is 0.222. The Balaban J connectivity index is 1.95. The minimum atomic E-state index is -0.119. The number of aromatic amines is 1. The van der Waals surface area contributed by atoms with Gasteiger partial charge in [0.25, 0.3) is 5.56 Å². The van der Waals surface area contributed by atoms with Crippen molar-refractivity contribution in [3.63, 3.8) is 0 Å². The number of hydrogen-bond donors (Lipinski definition) is 2. The Bertz CT molecular complexity index is 510. The third-order valence-corrected chi connectivity index (χ3v) is 3.59. The minimum Gasteiger partial charge on any atom is -0.369 e. The summed E-state index contributed by atoms with van der Waals surface area (Å²) in [5.74, 6) is 0.625. The lowest BCUT2D eigenvalue weighted by Gasteiger charge is -2.04. The van der Waals surface area contributed by atoms with Gasteiger partial charge in [-0.15, -0.1) is 11.3 Å². The van der Waals surface area contributed by atoms with E-state index in [0.717, 1.165) is 18.7 Å². The van der Waals surface area contributed by atoms with E-state index in [4.69, 9.17) is 0 Å². The van der Waals surface area contributed by atoms with Gasteiger partial charge in [-0.2, -0.15) is 0 Å². The summed E-state index contributed by atoms with van der Waals surface area (Å²) in [6.07, 6.45) is 2.23. The molecule has 0 saturated heterocycles. The zero-order valence-electron chi connectivity index (χ0n) is 8.24. The van der Waals surface area contributed by atoms with Crippen molar-refractivity contribution in [3.05, 3.63) is 36.8 Å². The van der Waals surface area contributed by atoms with Crippen LogP contribution in [0.1, 0.15) is 5.69 Å². The summed E-state index contributed by atoms with van der Waals surface area (Å²) in [5, 5.41) is 5.13. The molecule has 2 N–H and O–H groups in total. The van der Waals surface area contributed by atoms with E-state index in [-0.39, 0.29) is 5.56 Å². The molecule has 0 aliphatic rings. The van der Waals surface area contributed by atoms with Crippen LogP contribution in [0.4, 0.5) is 5.82 Å². The number of nitrogens with one attached hydrogen (secondary N) is 2. The van der Waals surface area contributed by atoms with Crippen LogP contribution < -0.4 is 10.9 Å². The van der Waals surface area contributed by atoms with Gasteiger partial charge in [-0.3, -0.25) is 4.79 Å². The number of nitrogens with zero attached hydrogens (tertiary/aromatic N) is 2. The van der Waals surface area contributed by atoms with Crippen molar-refractivity contribution in [2.45, 2.75) is 6.42 Å². The Kier molecular flexibility index (Phi) is 3.88. The lowest BCUT2D eigenvalue weighted by atomic mass is 10.3. The van der Waals surface area contributed by atoms with Gasteiger partial charge in [0.2, 0.25) is 0 Å². The average molecular weight is 348 g/mol. The molecule has 0 atom stereocenters. The largest absolute Gasteiger partial charge is 0.369 e. The van der Waals surface area contributed by atoms with Crippen LogP contribution in [-0.2, 0) is 6.42 Å². The maximum atomic E-state index is 11.3. The monoisotopic (exact) mass is 348 g/mol. The summed E-state index contributed by atoms with van der Waals surface area (Å²) in [6, 6.07) is 0. The molecule has 0 aromatic carbocycles. The number of aromatic nitrogens is 3. The second kappa shape index (κ2) is 5.39. The summed E-state index contributed by atoms with van der Waals surface area (Å²) in [4.78, 5) is 22.0. The van der Waals surface area contributed by atoms with Crippen LogP contribution in [0.25, 0.3) is 0 Å². The van der Waals surface area contributed by atoms with E-state index in [9.17, 15) is 4.79 Å². The van der Waals surface area contributed by atoms with E-state index in [0.29, 0.717) is 9.39 Å². The van der Waals surface area contributed by atoms with Crippen LogP contribution in [0, 0.1) is 3.57 Å². The summed E-state index contributed by atoms with van der Waals surface area (Å²) in [5.41, 5.74) is 2.74. The Labute approximate surface area is 109 Å². The number of rotatable bonds is 4. The third-order valence-electron chi connectivity index (χ3n) is 1.95. The molecular formula is C9H9IN4OS. The first-order chi connectivity index (χ1) is 7.77. The van der Waals surface area contributed by atoms with Crippen molar-refractivity contribution in [3.8, 4) is 0 Å². The van der Waals surface area contributed by atoms with Gasteiger partial charge in [-0.25, -0.2) is 9.97 Å². The molecule has 7 heteroatoms. The molecule has 2 aromatic heterocycles. The molecule has 0 radical (unpaired) electrons. The van der Waals surface area contributed by atoms with Gasteiger partial charge < -0.3 is 10.3 Å². The first kappa shape index (κ1) is 11.5. The van der Waals surface area contributed by atoms with E-state index in [1.807, 2.05) is 33.5 Å². The van der Waals surface area contributed by atoms with E-state index in [1.54, 1.807) is 11.3 Å². The molecule has 0 amide bonds. The molecule has 2 aromatic rings. The molecule has 5 nitrogen and oxygen atoms in total. The molecule has 0 saturated carbocycles. The molecule has 0 fully saturated rings. The van der Waals surface area contributed by atoms with Crippen molar-refractivity contribution in [1.82, 2.24) is 15.0 Å². The molecule has 0 bridgehead atoms. The third kappa shape index (κ3) is 2.79. The van der Waals surface area contributed by atoms with E-state index < -0.39 is 0 Å². The number of H-pyrrole nitrogens is 1. The number of thiazole rings is 1. The van der Waals surface area contributed by atoms with E-state index in [1.165, 1.54) is 6.33 Å². The SMILES string of the molecule is O=c1[nH]cnc(NCCc2cscn2)c1I. The second-order valence-corrected chi connectivity index (χ2v) is 4.85. The minimum absolute atomic E-state index is 0.119. The van der Waals surface area contributed by atoms with Gasteiger partial charge >= 0.3 is 0 Å². The number of hydrogen-bond acceptors (Lipinski definition) is 5. The molecule has 0 aliphatic carbocycles. The zero-order chi connectivity index (χ0) is 11.4. The quantitative estimate of drug-likeness (QED) is 0.822. The molecule has 0 spiro atoms. The molecule has 16 heavy (non-hydrogen) atoms. The summed E-state index contributed by atoms with van der Waals surface area (Å²) in [6.45, 7) is 0.718. The second-order valence-electron chi connectivity index (χ2n) is 3.05. The summed E-state index contributed by atoms with van der Waals surface area (Å²) >= 11 is 3.56. The summed E-state index contributed by atoms with van der Waals surface area (Å²) in [7, 11) is 0. The highest BCUT2D eigenvalue weighted by molar-refractivity contribution is 14.1. The fourth-order valence-electron chi connectivity index (χ4n) is 1.18. The molecule has 2 rings (SSSR count). The van der Waals surface area contributed by atoms with E-state index in [2.05, 4.69) is 20.3 Å². The standard InChI is InChI=1S/C9H9IN4OS/c10-7-8(12-4-13-9(7)15)11-2-1-6-3-16-5-14-6/h3-5H,1-2H2,(H2,11,12,13,15). The van der Waals surface area contributed by atoms with Gasteiger partial charge in [0.05, 0.1) is 17.5 Å². The van der Waals surface area contributed by atoms with Crippen molar-refractivity contribution in [2.75, 3.05) is 11.9 Å². The van der Waals surface area contributed by atoms with Gasteiger partial charge in [-0.1, -0.05) is 0 Å². The predicted octanol–water partition coefficient (Wildman–Crippen LogP) is 1.49. The maximum absolute atomic E-state index is 11.3. The van der Waals surface area contributed by atoms with Crippen LogP contribution in [0.15, 0.2) is 22.0 Å². The van der Waals surface area contributed by atoms with Crippen LogP contribution in [0.2, 0.25) is 0 Å². The van der Waals surface area contributed by atoms with Crippen molar-refractivity contribution in [1.29, 1.82) is 0 Å². The summed E-state index contributed by atoms with van der Waals surface area (Å²) < 4.78 is 0.582. The van der Waals surface area contributed by atoms with Crippen LogP contribution in [-0.4, -0.2) is 21.5 Å². The first-order valence-corrected chi connectivity index (χ1v) is 6.63. The lowest BCUT2D eigenvalue weighted by Crippen LogP contribution is -2.16.